The van der Waals surface area contributed by atoms with E-state index in [1.807, 2.05) is 35.6 Å². The van der Waals surface area contributed by atoms with Gasteiger partial charge in [-0.1, -0.05) is 30.3 Å². The third kappa shape index (κ3) is 5.09. The highest BCUT2D eigenvalue weighted by Gasteiger charge is 2.16. The van der Waals surface area contributed by atoms with Gasteiger partial charge in [-0.25, -0.2) is 0 Å². The van der Waals surface area contributed by atoms with E-state index in [0.717, 1.165) is 0 Å². The first-order chi connectivity index (χ1) is 9.04. The molecule has 0 aliphatic heterocycles. The highest BCUT2D eigenvalue weighted by Crippen LogP contribution is 2.05. The Hall–Kier alpha value is -1.88. The summed E-state index contributed by atoms with van der Waals surface area (Å²) in [5.41, 5.74) is 1.18. The van der Waals surface area contributed by atoms with Gasteiger partial charge in [0.1, 0.15) is 6.04 Å². The fourth-order valence-corrected chi connectivity index (χ4v) is 1.71. The lowest BCUT2D eigenvalue weighted by Gasteiger charge is -2.17. The summed E-state index contributed by atoms with van der Waals surface area (Å²) in [4.78, 5) is 24.5. The summed E-state index contributed by atoms with van der Waals surface area (Å²) < 4.78 is 0. The van der Waals surface area contributed by atoms with Crippen molar-refractivity contribution in [2.24, 2.45) is 0 Å². The van der Waals surface area contributed by atoms with E-state index in [4.69, 9.17) is 0 Å². The molecular formula is C14H22N3O2+. The molecule has 3 N–H and O–H groups in total. The molecule has 19 heavy (non-hydrogen) atoms. The van der Waals surface area contributed by atoms with Crippen molar-refractivity contribution in [1.82, 2.24) is 10.2 Å². The molecule has 104 valence electrons. The first-order valence-corrected chi connectivity index (χ1v) is 6.37. The zero-order valence-corrected chi connectivity index (χ0v) is 11.7. The summed E-state index contributed by atoms with van der Waals surface area (Å²) >= 11 is 0. The van der Waals surface area contributed by atoms with Crippen LogP contribution in [-0.2, 0) is 9.59 Å². The van der Waals surface area contributed by atoms with Gasteiger partial charge in [-0.3, -0.25) is 9.59 Å². The minimum absolute atomic E-state index is 0.0496. The smallest absolute Gasteiger partial charge is 0.277 e. The first-order valence-electron chi connectivity index (χ1n) is 6.37. The predicted molar refractivity (Wildman–Crippen MR) is 73.4 cm³/mol. The largest absolute Gasteiger partial charge is 0.358 e. The molecule has 0 aliphatic carbocycles. The summed E-state index contributed by atoms with van der Waals surface area (Å²) in [5, 5.41) is 4.47. The normalized spacial score (nSPS) is 11.7. The van der Waals surface area contributed by atoms with Crippen LogP contribution < -0.4 is 10.6 Å². The van der Waals surface area contributed by atoms with Crippen molar-refractivity contribution in [1.29, 1.82) is 0 Å². The number of nitrogens with zero attached hydrogens (tertiary/aromatic N) is 1. The summed E-state index contributed by atoms with van der Waals surface area (Å²) in [6.45, 7) is 2.49. The van der Waals surface area contributed by atoms with Crippen LogP contribution in [0.4, 0.5) is 0 Å². The van der Waals surface area contributed by atoms with E-state index in [-0.39, 0.29) is 24.4 Å². The number of carbonyl (C=O) groups is 2. The number of rotatable bonds is 6. The summed E-state index contributed by atoms with van der Waals surface area (Å²) in [7, 11) is 3.20. The van der Waals surface area contributed by atoms with Crippen molar-refractivity contribution in [3.8, 4) is 0 Å². The van der Waals surface area contributed by atoms with Gasteiger partial charge in [0.2, 0.25) is 5.91 Å². The molecule has 1 atom stereocenters. The van der Waals surface area contributed by atoms with Crippen LogP contribution in [0, 0.1) is 0 Å². The third-order valence-electron chi connectivity index (χ3n) is 3.06. The van der Waals surface area contributed by atoms with Crippen molar-refractivity contribution < 1.29 is 14.9 Å². The zero-order chi connectivity index (χ0) is 14.3. The molecule has 1 rings (SSSR count). The SMILES string of the molecule is CNC(=O)CN(C)C(=O)C[NH2+][C@@H](C)c1ccccc1. The van der Waals surface area contributed by atoms with Crippen LogP contribution in [0.25, 0.3) is 0 Å². The predicted octanol–water partition coefficient (Wildman–Crippen LogP) is -0.485. The maximum absolute atomic E-state index is 11.8. The topological polar surface area (TPSA) is 66.0 Å². The molecule has 0 spiro atoms. The lowest BCUT2D eigenvalue weighted by atomic mass is 10.1. The molecule has 0 radical (unpaired) electrons. The number of benzene rings is 1. The lowest BCUT2D eigenvalue weighted by molar-refractivity contribution is -0.683. The molecule has 1 aromatic rings. The molecule has 2 amide bonds. The monoisotopic (exact) mass is 264 g/mol. The quantitative estimate of drug-likeness (QED) is 0.728. The van der Waals surface area contributed by atoms with Gasteiger partial charge in [-0.15, -0.1) is 0 Å². The molecule has 0 bridgehead atoms. The third-order valence-corrected chi connectivity index (χ3v) is 3.06. The standard InChI is InChI=1S/C14H21N3O2/c1-11(12-7-5-4-6-8-12)16-9-14(19)17(3)10-13(18)15-2/h4-8,11,16H,9-10H2,1-3H3,(H,15,18)/p+1/t11-/m0/s1. The summed E-state index contributed by atoms with van der Waals surface area (Å²) in [5.74, 6) is -0.210. The maximum Gasteiger partial charge on any atom is 0.277 e. The van der Waals surface area contributed by atoms with Crippen molar-refractivity contribution in [3.05, 3.63) is 35.9 Å². The Morgan fingerprint density at radius 2 is 1.95 bits per heavy atom. The molecule has 0 heterocycles. The minimum Gasteiger partial charge on any atom is -0.358 e. The van der Waals surface area contributed by atoms with Crippen LogP contribution in [0.3, 0.4) is 0 Å². The Morgan fingerprint density at radius 3 is 2.53 bits per heavy atom. The summed E-state index contributed by atoms with van der Waals surface area (Å²) in [6.07, 6.45) is 0. The Balaban J connectivity index is 2.39. The molecule has 0 aromatic heterocycles. The second-order valence-electron chi connectivity index (χ2n) is 4.56. The zero-order valence-electron chi connectivity index (χ0n) is 11.7. The highest BCUT2D eigenvalue weighted by molar-refractivity contribution is 5.84. The van der Waals surface area contributed by atoms with Crippen molar-refractivity contribution in [3.63, 3.8) is 0 Å². The molecule has 0 saturated carbocycles. The van der Waals surface area contributed by atoms with Gasteiger partial charge in [-0.05, 0) is 6.92 Å². The lowest BCUT2D eigenvalue weighted by Crippen LogP contribution is -2.87. The van der Waals surface area contributed by atoms with Crippen LogP contribution in [0.1, 0.15) is 18.5 Å². The van der Waals surface area contributed by atoms with E-state index in [2.05, 4.69) is 12.2 Å². The highest BCUT2D eigenvalue weighted by atomic mass is 16.2. The van der Waals surface area contributed by atoms with E-state index in [0.29, 0.717) is 6.54 Å². The van der Waals surface area contributed by atoms with Gasteiger partial charge >= 0.3 is 0 Å². The Morgan fingerprint density at radius 1 is 1.32 bits per heavy atom. The number of carbonyl (C=O) groups excluding carboxylic acids is 2. The Labute approximate surface area is 114 Å². The number of amides is 2. The van der Waals surface area contributed by atoms with Crippen LogP contribution >= 0.6 is 0 Å². The van der Waals surface area contributed by atoms with Crippen LogP contribution in [0.2, 0.25) is 0 Å². The van der Waals surface area contributed by atoms with Gasteiger partial charge in [-0.2, -0.15) is 0 Å². The average Bonchev–Trinajstić information content (AvgIpc) is 2.44. The molecule has 0 fully saturated rings. The average molecular weight is 264 g/mol. The fraction of sp³-hybridized carbons (Fsp3) is 0.429. The molecule has 5 nitrogen and oxygen atoms in total. The number of hydrogen-bond acceptors (Lipinski definition) is 2. The number of nitrogens with two attached hydrogens (primary N) is 1. The van der Waals surface area contributed by atoms with Crippen molar-refractivity contribution in [2.45, 2.75) is 13.0 Å². The second kappa shape index (κ2) is 7.53. The molecule has 0 aliphatic rings. The second-order valence-corrected chi connectivity index (χ2v) is 4.56. The number of quaternary nitrogens is 1. The Kier molecular flexibility index (Phi) is 6.02. The minimum atomic E-state index is -0.160. The molecule has 0 unspecified atom stereocenters. The summed E-state index contributed by atoms with van der Waals surface area (Å²) in [6, 6.07) is 10.2. The fourth-order valence-electron chi connectivity index (χ4n) is 1.71. The van der Waals surface area contributed by atoms with E-state index < -0.39 is 0 Å². The van der Waals surface area contributed by atoms with Crippen LogP contribution in [0.15, 0.2) is 30.3 Å². The molecule has 5 heteroatoms. The maximum atomic E-state index is 11.8. The van der Waals surface area contributed by atoms with E-state index in [1.165, 1.54) is 10.5 Å². The Bertz CT molecular complexity index is 420. The number of nitrogens with one attached hydrogen (secondary N) is 1. The van der Waals surface area contributed by atoms with Gasteiger partial charge in [0.15, 0.2) is 6.54 Å². The van der Waals surface area contributed by atoms with Crippen molar-refractivity contribution in [2.75, 3.05) is 27.2 Å². The number of hydrogen-bond donors (Lipinski definition) is 2. The van der Waals surface area contributed by atoms with E-state index >= 15 is 0 Å². The molecule has 1 aromatic carbocycles. The van der Waals surface area contributed by atoms with Gasteiger partial charge in [0, 0.05) is 19.7 Å². The van der Waals surface area contributed by atoms with Gasteiger partial charge < -0.3 is 15.5 Å². The van der Waals surface area contributed by atoms with E-state index in [1.54, 1.807) is 14.1 Å². The van der Waals surface area contributed by atoms with Crippen LogP contribution in [0.5, 0.6) is 0 Å². The number of likely N-dealkylation sites (N-methyl/N-ethyl adjacent to an activating group) is 2. The van der Waals surface area contributed by atoms with E-state index in [9.17, 15) is 9.59 Å². The first kappa shape index (κ1) is 15.2. The van der Waals surface area contributed by atoms with Gasteiger partial charge in [0.05, 0.1) is 6.54 Å². The molecular weight excluding hydrogens is 242 g/mol. The van der Waals surface area contributed by atoms with Gasteiger partial charge in [0.25, 0.3) is 5.91 Å². The van der Waals surface area contributed by atoms with Crippen LogP contribution in [-0.4, -0.2) is 43.9 Å². The molecule has 0 saturated heterocycles. The van der Waals surface area contributed by atoms with Crippen molar-refractivity contribution >= 4 is 11.8 Å².